The number of aliphatic hydroxyl groups is 4. The highest BCUT2D eigenvalue weighted by atomic mass is 32.2. The van der Waals surface area contributed by atoms with E-state index in [2.05, 4.69) is 4.74 Å². The monoisotopic (exact) mass is 360 g/mol. The molecule has 1 unspecified atom stereocenters. The Kier molecular flexibility index (Phi) is 8.22. The van der Waals surface area contributed by atoms with Crippen molar-refractivity contribution in [1.29, 1.82) is 0 Å². The summed E-state index contributed by atoms with van der Waals surface area (Å²) in [5, 5.41) is 42.5. The van der Waals surface area contributed by atoms with E-state index in [1.54, 1.807) is 0 Å². The average molecular weight is 360 g/mol. The molecule has 0 radical (unpaired) electrons. The molecule has 0 fully saturated rings. The Bertz CT molecular complexity index is 528. The van der Waals surface area contributed by atoms with Crippen LogP contribution in [0.25, 0.3) is 0 Å². The number of aliphatic carboxylic acids is 1. The highest BCUT2D eigenvalue weighted by Crippen LogP contribution is 2.12. The molecule has 0 amide bonds. The molecule has 5 atom stereocenters. The Hall–Kier alpha value is -1.64. The van der Waals surface area contributed by atoms with Crippen LogP contribution in [0.4, 0.5) is 0 Å². The zero-order valence-electron chi connectivity index (χ0n) is 11.4. The molecule has 23 heavy (non-hydrogen) atoms. The van der Waals surface area contributed by atoms with E-state index in [0.29, 0.717) is 0 Å². The molecule has 0 aliphatic heterocycles. The lowest BCUT2D eigenvalue weighted by molar-refractivity contribution is -0.168. The second-order valence-electron chi connectivity index (χ2n) is 4.37. The van der Waals surface area contributed by atoms with Gasteiger partial charge in [-0.3, -0.25) is 18.9 Å². The Balaban J connectivity index is 5.19. The van der Waals surface area contributed by atoms with Gasteiger partial charge in [-0.1, -0.05) is 0 Å². The largest absolute Gasteiger partial charge is 0.481 e. The predicted octanol–water partition coefficient (Wildman–Crippen LogP) is -4.10. The maximum absolute atomic E-state index is 11.6. The van der Waals surface area contributed by atoms with Crippen LogP contribution in [-0.4, -0.2) is 93.0 Å². The number of aliphatic hydroxyl groups excluding tert-OH is 4. The van der Waals surface area contributed by atoms with Crippen LogP contribution in [0.5, 0.6) is 0 Å². The molecule has 6 N–H and O–H groups in total. The smallest absolute Gasteiger partial charge is 0.328 e. The number of carboxylic acid groups (broad SMARTS) is 1. The molecule has 0 aliphatic rings. The summed E-state index contributed by atoms with van der Waals surface area (Å²) in [6, 6.07) is 0. The molecule has 0 aromatic rings. The van der Waals surface area contributed by atoms with E-state index in [9.17, 15) is 33.0 Å². The van der Waals surface area contributed by atoms with Gasteiger partial charge in [-0.05, 0) is 0 Å². The normalized spacial score (nSPS) is 18.3. The fourth-order valence-electron chi connectivity index (χ4n) is 1.39. The molecular weight excluding hydrogens is 344 g/mol. The zero-order chi connectivity index (χ0) is 18.4. The van der Waals surface area contributed by atoms with Crippen LogP contribution >= 0.6 is 0 Å². The van der Waals surface area contributed by atoms with Gasteiger partial charge in [0.15, 0.2) is 17.6 Å². The Morgan fingerprint density at radius 3 is 2.00 bits per heavy atom. The second kappa shape index (κ2) is 8.85. The summed E-state index contributed by atoms with van der Waals surface area (Å²) in [6.45, 7) is -1.01. The van der Waals surface area contributed by atoms with Crippen molar-refractivity contribution in [3.8, 4) is 0 Å². The van der Waals surface area contributed by atoms with Crippen LogP contribution in [0.3, 0.4) is 0 Å². The van der Waals surface area contributed by atoms with Gasteiger partial charge in [0.2, 0.25) is 0 Å². The van der Waals surface area contributed by atoms with E-state index in [4.69, 9.17) is 19.9 Å². The number of hydrogen-bond donors (Lipinski definition) is 6. The first kappa shape index (κ1) is 21.4. The van der Waals surface area contributed by atoms with Crippen molar-refractivity contribution >= 4 is 28.3 Å². The highest BCUT2D eigenvalue weighted by Gasteiger charge is 2.39. The van der Waals surface area contributed by atoms with Crippen LogP contribution in [0.1, 0.15) is 6.42 Å². The van der Waals surface area contributed by atoms with Gasteiger partial charge < -0.3 is 30.3 Å². The predicted molar refractivity (Wildman–Crippen MR) is 68.6 cm³/mol. The number of hydrogen-bond acceptors (Lipinski definition) is 10. The summed E-state index contributed by atoms with van der Waals surface area (Å²) in [7, 11) is -5.18. The lowest BCUT2D eigenvalue weighted by Crippen LogP contribution is -2.49. The number of rotatable bonds is 10. The quantitative estimate of drug-likeness (QED) is 0.124. The topological polar surface area (TPSA) is 216 Å². The number of carbonyl (C=O) groups is 3. The summed E-state index contributed by atoms with van der Waals surface area (Å²) in [6.07, 6.45) is -10.1. The molecule has 0 saturated carbocycles. The Morgan fingerprint density at radius 2 is 1.65 bits per heavy atom. The van der Waals surface area contributed by atoms with Gasteiger partial charge in [-0.25, -0.2) is 0 Å². The van der Waals surface area contributed by atoms with E-state index in [-0.39, 0.29) is 6.29 Å². The van der Waals surface area contributed by atoms with Crippen LogP contribution in [0.2, 0.25) is 0 Å². The third kappa shape index (κ3) is 6.55. The Labute approximate surface area is 129 Å². The van der Waals surface area contributed by atoms with E-state index in [0.717, 1.165) is 0 Å². The summed E-state index contributed by atoms with van der Waals surface area (Å²) < 4.78 is 35.0. The molecule has 134 valence electrons. The molecular formula is C10H16O12S. The maximum atomic E-state index is 11.6. The van der Waals surface area contributed by atoms with Crippen molar-refractivity contribution in [2.24, 2.45) is 0 Å². The highest BCUT2D eigenvalue weighted by molar-refractivity contribution is 7.87. The van der Waals surface area contributed by atoms with Crippen LogP contribution in [-0.2, 0) is 29.2 Å². The lowest BCUT2D eigenvalue weighted by atomic mass is 10.0. The molecule has 0 aliphatic carbocycles. The molecule has 0 bridgehead atoms. The molecule has 12 nitrogen and oxygen atoms in total. The molecule has 0 aromatic heterocycles. The third-order valence-electron chi connectivity index (χ3n) is 2.64. The SMILES string of the molecule is O=C[C@H](OC(=O)C(CC(=O)O)S(=O)(=O)O)[C@@H](O)[C@H](O)[C@H](O)CO. The van der Waals surface area contributed by atoms with E-state index in [1.165, 1.54) is 0 Å². The zero-order valence-corrected chi connectivity index (χ0v) is 12.2. The fraction of sp³-hybridized carbons (Fsp3) is 0.700. The number of esters is 1. The molecule has 0 aromatic carbocycles. The van der Waals surface area contributed by atoms with Crippen LogP contribution in [0, 0.1) is 0 Å². The van der Waals surface area contributed by atoms with Crippen molar-refractivity contribution < 1.29 is 57.6 Å². The summed E-state index contributed by atoms with van der Waals surface area (Å²) in [5.74, 6) is -3.64. The van der Waals surface area contributed by atoms with Crippen molar-refractivity contribution in [2.45, 2.75) is 36.1 Å². The van der Waals surface area contributed by atoms with Crippen molar-refractivity contribution in [2.75, 3.05) is 6.61 Å². The molecule has 0 heterocycles. The van der Waals surface area contributed by atoms with E-state index < -0.39 is 64.8 Å². The average Bonchev–Trinajstić information content (AvgIpc) is 2.46. The molecule has 0 saturated heterocycles. The van der Waals surface area contributed by atoms with Crippen molar-refractivity contribution in [1.82, 2.24) is 0 Å². The fourth-order valence-corrected chi connectivity index (χ4v) is 2.04. The van der Waals surface area contributed by atoms with Gasteiger partial charge in [0.25, 0.3) is 10.1 Å². The number of carbonyl (C=O) groups excluding carboxylic acids is 2. The van der Waals surface area contributed by atoms with Gasteiger partial charge in [0.1, 0.15) is 18.3 Å². The van der Waals surface area contributed by atoms with E-state index >= 15 is 0 Å². The molecule has 0 spiro atoms. The third-order valence-corrected chi connectivity index (χ3v) is 3.71. The lowest BCUT2D eigenvalue weighted by Gasteiger charge is -2.26. The van der Waals surface area contributed by atoms with E-state index in [1.807, 2.05) is 0 Å². The second-order valence-corrected chi connectivity index (χ2v) is 5.97. The van der Waals surface area contributed by atoms with Crippen molar-refractivity contribution in [3.63, 3.8) is 0 Å². The van der Waals surface area contributed by atoms with Crippen LogP contribution in [0.15, 0.2) is 0 Å². The molecule has 0 rings (SSSR count). The minimum atomic E-state index is -5.18. The standard InChI is InChI=1S/C10H16O12S/c11-2-4(13)8(16)9(17)5(3-12)22-10(18)6(1-7(14)15)23(19,20)21/h3-6,8-9,11,13,16-17H,1-2H2,(H,14,15)(H,19,20,21)/t4-,5+,6?,8-,9-/m1/s1. The minimum Gasteiger partial charge on any atom is -0.481 e. The first-order valence-electron chi connectivity index (χ1n) is 5.94. The van der Waals surface area contributed by atoms with Gasteiger partial charge in [0, 0.05) is 0 Å². The summed E-state index contributed by atoms with van der Waals surface area (Å²) in [4.78, 5) is 32.8. The van der Waals surface area contributed by atoms with Gasteiger partial charge >= 0.3 is 11.9 Å². The first-order chi connectivity index (χ1) is 10.4. The molecule has 13 heteroatoms. The maximum Gasteiger partial charge on any atom is 0.328 e. The van der Waals surface area contributed by atoms with Gasteiger partial charge in [0.05, 0.1) is 13.0 Å². The summed E-state index contributed by atoms with van der Waals surface area (Å²) >= 11 is 0. The van der Waals surface area contributed by atoms with Crippen molar-refractivity contribution in [3.05, 3.63) is 0 Å². The number of carboxylic acids is 1. The number of aldehydes is 1. The minimum absolute atomic E-state index is 0.225. The number of ether oxygens (including phenoxy) is 1. The first-order valence-corrected chi connectivity index (χ1v) is 7.45. The van der Waals surface area contributed by atoms with Crippen LogP contribution < -0.4 is 0 Å². The van der Waals surface area contributed by atoms with Gasteiger partial charge in [-0.15, -0.1) is 0 Å². The summed E-state index contributed by atoms with van der Waals surface area (Å²) in [5.41, 5.74) is 0. The van der Waals surface area contributed by atoms with Gasteiger partial charge in [-0.2, -0.15) is 8.42 Å². The Morgan fingerprint density at radius 1 is 1.13 bits per heavy atom.